The summed E-state index contributed by atoms with van der Waals surface area (Å²) in [6, 6.07) is 13.9. The van der Waals surface area contributed by atoms with Crippen LogP contribution in [0, 0.1) is 0 Å². The molecular formula is C16H16F3NO. The second kappa shape index (κ2) is 6.52. The van der Waals surface area contributed by atoms with Crippen LogP contribution in [0.5, 0.6) is 5.75 Å². The van der Waals surface area contributed by atoms with Crippen LogP contribution in [0.1, 0.15) is 18.1 Å². The standard InChI is InChI=1S/C16H16F3NO/c1-2-12-6-8-14(9-7-12)20-11-13-4-3-5-15(10-13)21-16(17,18)19/h3-10,20H,2,11H2,1H3. The Bertz CT molecular complexity index is 579. The SMILES string of the molecule is CCc1ccc(NCc2cccc(OC(F)(F)F)c2)cc1. The first kappa shape index (κ1) is 15.2. The van der Waals surface area contributed by atoms with Crippen molar-refractivity contribution in [2.75, 3.05) is 5.32 Å². The van der Waals surface area contributed by atoms with Crippen molar-refractivity contribution in [1.82, 2.24) is 0 Å². The zero-order valence-corrected chi connectivity index (χ0v) is 11.6. The minimum Gasteiger partial charge on any atom is -0.406 e. The molecule has 0 amide bonds. The molecule has 1 N–H and O–H groups in total. The number of aryl methyl sites for hydroxylation is 1. The highest BCUT2D eigenvalue weighted by molar-refractivity contribution is 5.45. The van der Waals surface area contributed by atoms with Crippen molar-refractivity contribution in [1.29, 1.82) is 0 Å². The molecular weight excluding hydrogens is 279 g/mol. The molecule has 0 atom stereocenters. The molecule has 0 aliphatic rings. The van der Waals surface area contributed by atoms with Crippen LogP contribution in [0.2, 0.25) is 0 Å². The number of hydrogen-bond acceptors (Lipinski definition) is 2. The van der Waals surface area contributed by atoms with Gasteiger partial charge in [0, 0.05) is 12.2 Å². The van der Waals surface area contributed by atoms with Crippen molar-refractivity contribution < 1.29 is 17.9 Å². The van der Waals surface area contributed by atoms with Gasteiger partial charge in [-0.15, -0.1) is 13.2 Å². The molecule has 2 aromatic rings. The normalized spacial score (nSPS) is 11.2. The number of benzene rings is 2. The van der Waals surface area contributed by atoms with Crippen LogP contribution < -0.4 is 10.1 Å². The van der Waals surface area contributed by atoms with E-state index in [0.29, 0.717) is 6.54 Å². The highest BCUT2D eigenvalue weighted by atomic mass is 19.4. The molecule has 0 fully saturated rings. The van der Waals surface area contributed by atoms with Gasteiger partial charge in [-0.25, -0.2) is 0 Å². The number of rotatable bonds is 5. The van der Waals surface area contributed by atoms with Gasteiger partial charge in [0.05, 0.1) is 0 Å². The molecule has 0 aliphatic heterocycles. The van der Waals surface area contributed by atoms with E-state index < -0.39 is 6.36 Å². The van der Waals surface area contributed by atoms with Crippen LogP contribution in [0.3, 0.4) is 0 Å². The third-order valence-corrected chi connectivity index (χ3v) is 2.99. The Balaban J connectivity index is 1.97. The molecule has 21 heavy (non-hydrogen) atoms. The molecule has 0 aromatic heterocycles. The number of ether oxygens (including phenoxy) is 1. The van der Waals surface area contributed by atoms with Gasteiger partial charge in [-0.05, 0) is 41.8 Å². The third-order valence-electron chi connectivity index (χ3n) is 2.99. The second-order valence-corrected chi connectivity index (χ2v) is 4.60. The number of alkyl halides is 3. The van der Waals surface area contributed by atoms with Crippen molar-refractivity contribution >= 4 is 5.69 Å². The van der Waals surface area contributed by atoms with E-state index in [-0.39, 0.29) is 5.75 Å². The van der Waals surface area contributed by atoms with E-state index in [1.165, 1.54) is 23.8 Å². The summed E-state index contributed by atoms with van der Waals surface area (Å²) in [4.78, 5) is 0. The average Bonchev–Trinajstić information content (AvgIpc) is 2.44. The fourth-order valence-electron chi connectivity index (χ4n) is 1.91. The number of anilines is 1. The first-order valence-corrected chi connectivity index (χ1v) is 6.64. The van der Waals surface area contributed by atoms with Crippen LogP contribution in [-0.2, 0) is 13.0 Å². The van der Waals surface area contributed by atoms with Crippen LogP contribution in [-0.4, -0.2) is 6.36 Å². The molecule has 0 bridgehead atoms. The maximum Gasteiger partial charge on any atom is 0.573 e. The molecule has 0 unspecified atom stereocenters. The summed E-state index contributed by atoms with van der Waals surface area (Å²) in [7, 11) is 0. The smallest absolute Gasteiger partial charge is 0.406 e. The van der Waals surface area contributed by atoms with Gasteiger partial charge >= 0.3 is 6.36 Å². The van der Waals surface area contributed by atoms with Crippen molar-refractivity contribution in [3.8, 4) is 5.75 Å². The van der Waals surface area contributed by atoms with Crippen molar-refractivity contribution in [3.63, 3.8) is 0 Å². The van der Waals surface area contributed by atoms with Gasteiger partial charge in [-0.2, -0.15) is 0 Å². The van der Waals surface area contributed by atoms with Gasteiger partial charge in [0.1, 0.15) is 5.75 Å². The summed E-state index contributed by atoms with van der Waals surface area (Å²) < 4.78 is 40.4. The lowest BCUT2D eigenvalue weighted by molar-refractivity contribution is -0.274. The van der Waals surface area contributed by atoms with Crippen LogP contribution in [0.25, 0.3) is 0 Å². The summed E-state index contributed by atoms with van der Waals surface area (Å²) in [6.45, 7) is 2.51. The van der Waals surface area contributed by atoms with Gasteiger partial charge < -0.3 is 10.1 Å². The van der Waals surface area contributed by atoms with E-state index in [0.717, 1.165) is 17.7 Å². The van der Waals surface area contributed by atoms with E-state index in [4.69, 9.17) is 0 Å². The van der Waals surface area contributed by atoms with Crippen LogP contribution in [0.15, 0.2) is 48.5 Å². The van der Waals surface area contributed by atoms with Gasteiger partial charge in [-0.1, -0.05) is 31.2 Å². The molecule has 0 heterocycles. The lowest BCUT2D eigenvalue weighted by Gasteiger charge is -2.11. The Kier molecular flexibility index (Phi) is 4.73. The predicted octanol–water partition coefficient (Wildman–Crippen LogP) is 4.76. The Morgan fingerprint density at radius 2 is 1.71 bits per heavy atom. The third kappa shape index (κ3) is 5.02. The Morgan fingerprint density at radius 1 is 1.00 bits per heavy atom. The van der Waals surface area contributed by atoms with E-state index in [1.807, 2.05) is 24.3 Å². The monoisotopic (exact) mass is 295 g/mol. The number of halogens is 3. The summed E-state index contributed by atoms with van der Waals surface area (Å²) in [5.74, 6) is -0.205. The molecule has 0 radical (unpaired) electrons. The average molecular weight is 295 g/mol. The van der Waals surface area contributed by atoms with Gasteiger partial charge in [0.25, 0.3) is 0 Å². The first-order chi connectivity index (χ1) is 9.96. The topological polar surface area (TPSA) is 21.3 Å². The summed E-state index contributed by atoms with van der Waals surface area (Å²) in [6.07, 6.45) is -3.70. The molecule has 2 aromatic carbocycles. The van der Waals surface area contributed by atoms with E-state index in [1.54, 1.807) is 6.07 Å². The zero-order valence-electron chi connectivity index (χ0n) is 11.6. The fourth-order valence-corrected chi connectivity index (χ4v) is 1.91. The Hall–Kier alpha value is -2.17. The predicted molar refractivity (Wildman–Crippen MR) is 76.3 cm³/mol. The van der Waals surface area contributed by atoms with Crippen molar-refractivity contribution in [2.24, 2.45) is 0 Å². The molecule has 0 aliphatic carbocycles. The maximum absolute atomic E-state index is 12.2. The number of nitrogens with one attached hydrogen (secondary N) is 1. The lowest BCUT2D eigenvalue weighted by Crippen LogP contribution is -2.17. The lowest BCUT2D eigenvalue weighted by atomic mass is 10.1. The molecule has 2 rings (SSSR count). The van der Waals surface area contributed by atoms with Crippen LogP contribution >= 0.6 is 0 Å². The molecule has 0 saturated heterocycles. The van der Waals surface area contributed by atoms with Gasteiger partial charge in [0.15, 0.2) is 0 Å². The Morgan fingerprint density at radius 3 is 2.33 bits per heavy atom. The molecule has 5 heteroatoms. The van der Waals surface area contributed by atoms with E-state index >= 15 is 0 Å². The maximum atomic E-state index is 12.2. The largest absolute Gasteiger partial charge is 0.573 e. The zero-order chi connectivity index (χ0) is 15.3. The summed E-state index contributed by atoms with van der Waals surface area (Å²) in [5, 5.41) is 3.17. The van der Waals surface area contributed by atoms with Crippen molar-refractivity contribution in [3.05, 3.63) is 59.7 Å². The van der Waals surface area contributed by atoms with Crippen LogP contribution in [0.4, 0.5) is 18.9 Å². The molecule has 112 valence electrons. The Labute approximate surface area is 121 Å². The highest BCUT2D eigenvalue weighted by Crippen LogP contribution is 2.23. The van der Waals surface area contributed by atoms with Gasteiger partial charge in [0.2, 0.25) is 0 Å². The first-order valence-electron chi connectivity index (χ1n) is 6.64. The molecule has 0 spiro atoms. The summed E-state index contributed by atoms with van der Waals surface area (Å²) in [5.41, 5.74) is 2.88. The fraction of sp³-hybridized carbons (Fsp3) is 0.250. The van der Waals surface area contributed by atoms with Gasteiger partial charge in [-0.3, -0.25) is 0 Å². The quantitative estimate of drug-likeness (QED) is 0.858. The molecule has 0 saturated carbocycles. The van der Waals surface area contributed by atoms with E-state index in [2.05, 4.69) is 17.0 Å². The minimum atomic E-state index is -4.66. The summed E-state index contributed by atoms with van der Waals surface area (Å²) >= 11 is 0. The molecule has 2 nitrogen and oxygen atoms in total. The number of hydrogen-bond donors (Lipinski definition) is 1. The van der Waals surface area contributed by atoms with Crippen molar-refractivity contribution in [2.45, 2.75) is 26.3 Å². The second-order valence-electron chi connectivity index (χ2n) is 4.60. The highest BCUT2D eigenvalue weighted by Gasteiger charge is 2.31. The van der Waals surface area contributed by atoms with E-state index in [9.17, 15) is 13.2 Å². The minimum absolute atomic E-state index is 0.205.